The van der Waals surface area contributed by atoms with Gasteiger partial charge in [-0.3, -0.25) is 0 Å². The zero-order chi connectivity index (χ0) is 38.1. The summed E-state index contributed by atoms with van der Waals surface area (Å²) in [6.45, 7) is 4.70. The van der Waals surface area contributed by atoms with E-state index in [2.05, 4.69) is 178 Å². The van der Waals surface area contributed by atoms with E-state index in [-0.39, 0.29) is 5.41 Å². The van der Waals surface area contributed by atoms with Crippen molar-refractivity contribution < 1.29 is 0 Å². The van der Waals surface area contributed by atoms with Crippen LogP contribution in [0.15, 0.2) is 188 Å². The van der Waals surface area contributed by atoms with Crippen LogP contribution in [-0.4, -0.2) is 15.0 Å². The third-order valence-electron chi connectivity index (χ3n) is 11.8. The predicted octanol–water partition coefficient (Wildman–Crippen LogP) is 14.0. The van der Waals surface area contributed by atoms with Gasteiger partial charge in [-0.05, 0) is 79.2 Å². The Hall–Kier alpha value is -7.23. The Balaban J connectivity index is 1.06. The molecular weight excluding hydrogens is 691 g/mol. The molecule has 3 nitrogen and oxygen atoms in total. The first-order valence-electron chi connectivity index (χ1n) is 19.6. The summed E-state index contributed by atoms with van der Waals surface area (Å²) in [7, 11) is 0. The summed E-state index contributed by atoms with van der Waals surface area (Å²) in [4.78, 5) is 15.7. The number of hydrogen-bond donors (Lipinski definition) is 0. The highest BCUT2D eigenvalue weighted by Crippen LogP contribution is 2.54. The maximum Gasteiger partial charge on any atom is 0.160 e. The lowest BCUT2D eigenvalue weighted by Crippen LogP contribution is -2.16. The molecule has 1 aliphatic rings. The lowest BCUT2D eigenvalue weighted by molar-refractivity contribution is 0.662. The van der Waals surface area contributed by atoms with Crippen LogP contribution in [0.1, 0.15) is 25.0 Å². The molecule has 0 unspecified atom stereocenters. The summed E-state index contributed by atoms with van der Waals surface area (Å²) in [5, 5.41) is 6.00. The fourth-order valence-corrected chi connectivity index (χ4v) is 8.98. The van der Waals surface area contributed by atoms with Gasteiger partial charge in [-0.25, -0.2) is 15.0 Å². The second kappa shape index (κ2) is 12.9. The lowest BCUT2D eigenvalue weighted by atomic mass is 9.78. The number of pyridine rings is 1. The standard InChI is InChI=1S/C54H37N3/c1-54(2)45-20-12-11-19-44(45)52-51(54)49(50-43-18-10-9-15-36(43)29-30-46(50)55-52)42-28-26-39-31-41(27-25-40(39)32-42)48-33-47(56-53(57-48)38-16-7-4-8-17-38)37-23-21-35(22-24-37)34-13-5-3-6-14-34/h3-33H,1-2H3. The van der Waals surface area contributed by atoms with Gasteiger partial charge in [-0.2, -0.15) is 0 Å². The van der Waals surface area contributed by atoms with Crippen molar-refractivity contribution >= 4 is 32.4 Å². The van der Waals surface area contributed by atoms with E-state index < -0.39 is 0 Å². The van der Waals surface area contributed by atoms with Crippen molar-refractivity contribution in [1.82, 2.24) is 15.0 Å². The summed E-state index contributed by atoms with van der Waals surface area (Å²) in [6, 6.07) is 67.1. The first kappa shape index (κ1) is 33.1. The molecule has 0 atom stereocenters. The normalized spacial score (nSPS) is 12.9. The van der Waals surface area contributed by atoms with Gasteiger partial charge in [0.1, 0.15) is 0 Å². The van der Waals surface area contributed by atoms with Crippen molar-refractivity contribution in [3.63, 3.8) is 0 Å². The molecule has 2 aromatic heterocycles. The molecule has 268 valence electrons. The highest BCUT2D eigenvalue weighted by Gasteiger charge is 2.39. The maximum absolute atomic E-state index is 5.40. The van der Waals surface area contributed by atoms with Crippen LogP contribution < -0.4 is 0 Å². The topological polar surface area (TPSA) is 38.7 Å². The first-order valence-corrected chi connectivity index (χ1v) is 19.6. The predicted molar refractivity (Wildman–Crippen MR) is 237 cm³/mol. The zero-order valence-electron chi connectivity index (χ0n) is 31.7. The van der Waals surface area contributed by atoms with E-state index in [9.17, 15) is 0 Å². The van der Waals surface area contributed by atoms with Gasteiger partial charge in [0.2, 0.25) is 0 Å². The zero-order valence-corrected chi connectivity index (χ0v) is 31.7. The average molecular weight is 728 g/mol. The van der Waals surface area contributed by atoms with Crippen molar-refractivity contribution in [2.24, 2.45) is 0 Å². The van der Waals surface area contributed by atoms with Gasteiger partial charge >= 0.3 is 0 Å². The SMILES string of the molecule is CC1(C)c2ccccc2-c2nc3ccc4ccccc4c3c(-c3ccc4cc(-c5cc(-c6ccc(-c7ccccc7)cc6)nc(-c6ccccc6)n5)ccc4c3)c21. The molecule has 1 aliphatic carbocycles. The fourth-order valence-electron chi connectivity index (χ4n) is 8.98. The molecule has 0 bridgehead atoms. The monoisotopic (exact) mass is 727 g/mol. The highest BCUT2D eigenvalue weighted by atomic mass is 14.9. The molecule has 0 saturated carbocycles. The van der Waals surface area contributed by atoms with E-state index in [0.29, 0.717) is 5.82 Å². The quantitative estimate of drug-likeness (QED) is 0.166. The number of fused-ring (bicyclic) bond motifs is 7. The van der Waals surface area contributed by atoms with Gasteiger partial charge < -0.3 is 0 Å². The summed E-state index contributed by atoms with van der Waals surface area (Å²) in [5.41, 5.74) is 15.4. The molecule has 0 N–H and O–H groups in total. The van der Waals surface area contributed by atoms with Crippen LogP contribution in [0.5, 0.6) is 0 Å². The Morgan fingerprint density at radius 2 is 0.965 bits per heavy atom. The number of benzene rings is 8. The van der Waals surface area contributed by atoms with E-state index in [1.165, 1.54) is 60.5 Å². The van der Waals surface area contributed by atoms with Crippen molar-refractivity contribution in [3.05, 3.63) is 199 Å². The maximum atomic E-state index is 5.40. The minimum atomic E-state index is -0.221. The molecule has 8 aromatic carbocycles. The van der Waals surface area contributed by atoms with Crippen LogP contribution in [-0.2, 0) is 5.41 Å². The van der Waals surface area contributed by atoms with Crippen molar-refractivity contribution in [1.29, 1.82) is 0 Å². The molecule has 0 aliphatic heterocycles. The van der Waals surface area contributed by atoms with Gasteiger partial charge in [0, 0.05) is 33.1 Å². The van der Waals surface area contributed by atoms with E-state index >= 15 is 0 Å². The number of nitrogens with zero attached hydrogens (tertiary/aromatic N) is 3. The highest BCUT2D eigenvalue weighted by molar-refractivity contribution is 6.16. The Morgan fingerprint density at radius 1 is 0.404 bits per heavy atom. The van der Waals surface area contributed by atoms with Crippen molar-refractivity contribution in [3.8, 4) is 67.4 Å². The van der Waals surface area contributed by atoms with Crippen LogP contribution >= 0.6 is 0 Å². The number of rotatable bonds is 5. The van der Waals surface area contributed by atoms with Crippen LogP contribution in [0.2, 0.25) is 0 Å². The molecule has 2 heterocycles. The molecule has 0 saturated heterocycles. The molecule has 11 rings (SSSR count). The van der Waals surface area contributed by atoms with Crippen LogP contribution in [0, 0.1) is 0 Å². The summed E-state index contributed by atoms with van der Waals surface area (Å²) < 4.78 is 0. The fraction of sp³-hybridized carbons (Fsp3) is 0.0556. The molecule has 0 spiro atoms. The Kier molecular flexibility index (Phi) is 7.52. The molecule has 0 fully saturated rings. The van der Waals surface area contributed by atoms with Gasteiger partial charge in [-0.15, -0.1) is 0 Å². The Labute approximate surface area is 332 Å². The second-order valence-corrected chi connectivity index (χ2v) is 15.6. The second-order valence-electron chi connectivity index (χ2n) is 15.6. The molecule has 57 heavy (non-hydrogen) atoms. The third kappa shape index (κ3) is 5.46. The average Bonchev–Trinajstić information content (AvgIpc) is 3.51. The van der Waals surface area contributed by atoms with Crippen LogP contribution in [0.25, 0.3) is 99.9 Å². The van der Waals surface area contributed by atoms with Crippen LogP contribution in [0.4, 0.5) is 0 Å². The smallest absolute Gasteiger partial charge is 0.160 e. The molecular formula is C54H37N3. The van der Waals surface area contributed by atoms with E-state index in [1.54, 1.807) is 0 Å². The summed E-state index contributed by atoms with van der Waals surface area (Å²) in [6.07, 6.45) is 0. The summed E-state index contributed by atoms with van der Waals surface area (Å²) >= 11 is 0. The molecule has 0 radical (unpaired) electrons. The summed E-state index contributed by atoms with van der Waals surface area (Å²) in [5.74, 6) is 0.708. The minimum absolute atomic E-state index is 0.221. The first-order chi connectivity index (χ1) is 28.0. The lowest BCUT2D eigenvalue weighted by Gasteiger charge is -2.26. The van der Waals surface area contributed by atoms with Crippen molar-refractivity contribution in [2.45, 2.75) is 19.3 Å². The third-order valence-corrected chi connectivity index (χ3v) is 11.8. The largest absolute Gasteiger partial charge is 0.247 e. The van der Waals surface area contributed by atoms with Gasteiger partial charge in [0.15, 0.2) is 5.82 Å². The van der Waals surface area contributed by atoms with E-state index in [4.69, 9.17) is 15.0 Å². The molecule has 10 aromatic rings. The van der Waals surface area contributed by atoms with Gasteiger partial charge in [0.05, 0.1) is 22.6 Å². The van der Waals surface area contributed by atoms with Crippen molar-refractivity contribution in [2.75, 3.05) is 0 Å². The number of hydrogen-bond acceptors (Lipinski definition) is 3. The Morgan fingerprint density at radius 3 is 1.74 bits per heavy atom. The van der Waals surface area contributed by atoms with E-state index in [1.807, 2.05) is 24.3 Å². The molecule has 3 heteroatoms. The minimum Gasteiger partial charge on any atom is -0.247 e. The van der Waals surface area contributed by atoms with E-state index in [0.717, 1.165) is 44.7 Å². The van der Waals surface area contributed by atoms with Gasteiger partial charge in [-0.1, -0.05) is 178 Å². The Bertz CT molecular complexity index is 3180. The van der Waals surface area contributed by atoms with Gasteiger partial charge in [0.25, 0.3) is 0 Å². The van der Waals surface area contributed by atoms with Crippen LogP contribution in [0.3, 0.4) is 0 Å². The number of aromatic nitrogens is 3. The molecule has 0 amide bonds.